The van der Waals surface area contributed by atoms with E-state index in [1.54, 1.807) is 16.7 Å². The lowest BCUT2D eigenvalue weighted by atomic mass is 10.0. The zero-order valence-electron chi connectivity index (χ0n) is 16.1. The maximum Gasteiger partial charge on any atom is 0.244 e. The number of hydrogen-bond donors (Lipinski definition) is 2. The Hall–Kier alpha value is -1.76. The second-order valence-electron chi connectivity index (χ2n) is 6.89. The Labute approximate surface area is 176 Å². The maximum atomic E-state index is 12.9. The topological polar surface area (TPSA) is 75.4 Å². The Kier molecular flexibility index (Phi) is 8.60. The monoisotopic (exact) mass is 421 g/mol. The summed E-state index contributed by atoms with van der Waals surface area (Å²) >= 11 is 1.63. The molecule has 28 heavy (non-hydrogen) atoms. The molecule has 2 aromatic carbocycles. The molecule has 2 atom stereocenters. The Balaban J connectivity index is 0.00000280. The van der Waals surface area contributed by atoms with E-state index in [0.717, 1.165) is 29.2 Å². The van der Waals surface area contributed by atoms with Crippen molar-refractivity contribution in [1.29, 1.82) is 0 Å². The standard InChI is InChI=1S/C21H27N3O2S.ClH/c1-2-3-8-20(25)24-14-27-13-19(24)21(26)23-18(12-22)17-10-9-15-6-4-5-7-16(15)11-17;/h4-7,9-11,18-19H,2-3,8,12-14,22H2,1H3,(H,23,26);1H. The van der Waals surface area contributed by atoms with Crippen LogP contribution in [0, 0.1) is 0 Å². The molecule has 3 rings (SSSR count). The molecular formula is C21H28ClN3O2S. The molecule has 1 aliphatic rings. The van der Waals surface area contributed by atoms with E-state index in [1.165, 1.54) is 0 Å². The molecular weight excluding hydrogens is 394 g/mol. The van der Waals surface area contributed by atoms with Crippen LogP contribution in [0.1, 0.15) is 37.8 Å². The van der Waals surface area contributed by atoms with Gasteiger partial charge in [0, 0.05) is 18.7 Å². The predicted octanol–water partition coefficient (Wildman–Crippen LogP) is 3.47. The van der Waals surface area contributed by atoms with Gasteiger partial charge in [0.05, 0.1) is 11.9 Å². The van der Waals surface area contributed by atoms with E-state index in [0.29, 0.717) is 24.6 Å². The number of nitrogens with zero attached hydrogens (tertiary/aromatic N) is 1. The highest BCUT2D eigenvalue weighted by Gasteiger charge is 2.35. The summed E-state index contributed by atoms with van der Waals surface area (Å²) in [4.78, 5) is 27.0. The summed E-state index contributed by atoms with van der Waals surface area (Å²) in [5.74, 6) is 1.17. The lowest BCUT2D eigenvalue weighted by Gasteiger charge is -2.26. The highest BCUT2D eigenvalue weighted by molar-refractivity contribution is 7.99. The van der Waals surface area contributed by atoms with E-state index in [2.05, 4.69) is 30.4 Å². The van der Waals surface area contributed by atoms with Crippen molar-refractivity contribution >= 4 is 46.8 Å². The molecule has 2 unspecified atom stereocenters. The summed E-state index contributed by atoms with van der Waals surface area (Å²) in [6, 6.07) is 13.6. The molecule has 0 saturated carbocycles. The van der Waals surface area contributed by atoms with E-state index >= 15 is 0 Å². The van der Waals surface area contributed by atoms with Crippen molar-refractivity contribution in [3.8, 4) is 0 Å². The van der Waals surface area contributed by atoms with Gasteiger partial charge in [0.25, 0.3) is 0 Å². The summed E-state index contributed by atoms with van der Waals surface area (Å²) in [5.41, 5.74) is 6.94. The van der Waals surface area contributed by atoms with Crippen molar-refractivity contribution in [3.05, 3.63) is 48.0 Å². The van der Waals surface area contributed by atoms with Crippen LogP contribution in [0.5, 0.6) is 0 Å². The normalized spacial score (nSPS) is 17.2. The fourth-order valence-corrected chi connectivity index (χ4v) is 4.53. The zero-order chi connectivity index (χ0) is 19.2. The first-order valence-electron chi connectivity index (χ1n) is 9.50. The minimum atomic E-state index is -0.408. The third kappa shape index (κ3) is 5.19. The largest absolute Gasteiger partial charge is 0.346 e. The number of fused-ring (bicyclic) bond motifs is 1. The fourth-order valence-electron chi connectivity index (χ4n) is 3.35. The third-order valence-electron chi connectivity index (χ3n) is 4.98. The minimum absolute atomic E-state index is 0. The zero-order valence-corrected chi connectivity index (χ0v) is 17.7. The molecule has 0 aromatic heterocycles. The molecule has 1 aliphatic heterocycles. The Morgan fingerprint density at radius 2 is 2.00 bits per heavy atom. The van der Waals surface area contributed by atoms with Crippen molar-refractivity contribution < 1.29 is 9.59 Å². The number of nitrogens with one attached hydrogen (secondary N) is 1. The quantitative estimate of drug-likeness (QED) is 0.717. The van der Waals surface area contributed by atoms with Gasteiger partial charge < -0.3 is 16.0 Å². The lowest BCUT2D eigenvalue weighted by Crippen LogP contribution is -2.49. The van der Waals surface area contributed by atoms with Gasteiger partial charge in [-0.15, -0.1) is 24.2 Å². The number of benzene rings is 2. The van der Waals surface area contributed by atoms with Crippen molar-refractivity contribution in [2.75, 3.05) is 18.2 Å². The first-order chi connectivity index (χ1) is 13.1. The van der Waals surface area contributed by atoms with Gasteiger partial charge >= 0.3 is 0 Å². The number of halogens is 1. The lowest BCUT2D eigenvalue weighted by molar-refractivity contribution is -0.138. The molecule has 2 amide bonds. The molecule has 1 saturated heterocycles. The Morgan fingerprint density at radius 1 is 1.25 bits per heavy atom. The molecule has 0 spiro atoms. The van der Waals surface area contributed by atoms with Crippen LogP contribution < -0.4 is 11.1 Å². The van der Waals surface area contributed by atoms with E-state index in [4.69, 9.17) is 5.73 Å². The summed E-state index contributed by atoms with van der Waals surface area (Å²) in [6.07, 6.45) is 2.34. The number of thioether (sulfide) groups is 1. The number of carbonyl (C=O) groups excluding carboxylic acids is 2. The molecule has 0 bridgehead atoms. The molecule has 0 aliphatic carbocycles. The van der Waals surface area contributed by atoms with Crippen molar-refractivity contribution in [3.63, 3.8) is 0 Å². The van der Waals surface area contributed by atoms with Gasteiger partial charge in [0.2, 0.25) is 11.8 Å². The summed E-state index contributed by atoms with van der Waals surface area (Å²) in [5, 5.41) is 5.34. The Bertz CT molecular complexity index is 817. The molecule has 1 heterocycles. The van der Waals surface area contributed by atoms with E-state index in [-0.39, 0.29) is 30.3 Å². The van der Waals surface area contributed by atoms with Gasteiger partial charge in [-0.05, 0) is 28.8 Å². The van der Waals surface area contributed by atoms with Gasteiger partial charge in [0.15, 0.2) is 0 Å². The van der Waals surface area contributed by atoms with Gasteiger partial charge in [-0.1, -0.05) is 49.7 Å². The smallest absolute Gasteiger partial charge is 0.244 e. The van der Waals surface area contributed by atoms with Gasteiger partial charge in [-0.3, -0.25) is 9.59 Å². The van der Waals surface area contributed by atoms with Crippen LogP contribution in [0.25, 0.3) is 10.8 Å². The van der Waals surface area contributed by atoms with Crippen molar-refractivity contribution in [1.82, 2.24) is 10.2 Å². The van der Waals surface area contributed by atoms with E-state index in [1.807, 2.05) is 24.3 Å². The first kappa shape index (κ1) is 22.5. The predicted molar refractivity (Wildman–Crippen MR) is 119 cm³/mol. The summed E-state index contributed by atoms with van der Waals surface area (Å²) < 4.78 is 0. The van der Waals surface area contributed by atoms with Crippen molar-refractivity contribution in [2.24, 2.45) is 5.73 Å². The van der Waals surface area contributed by atoms with Crippen LogP contribution in [-0.4, -0.2) is 40.9 Å². The number of hydrogen-bond acceptors (Lipinski definition) is 4. The number of amides is 2. The molecule has 0 radical (unpaired) electrons. The van der Waals surface area contributed by atoms with Crippen LogP contribution in [0.2, 0.25) is 0 Å². The SMILES string of the molecule is CCCCC(=O)N1CSCC1C(=O)NC(CN)c1ccc2ccccc2c1.Cl. The number of nitrogens with two attached hydrogens (primary N) is 1. The van der Waals surface area contributed by atoms with Gasteiger partial charge in [-0.2, -0.15) is 0 Å². The first-order valence-corrected chi connectivity index (χ1v) is 10.7. The highest BCUT2D eigenvalue weighted by atomic mass is 35.5. The third-order valence-corrected chi connectivity index (χ3v) is 5.99. The fraction of sp³-hybridized carbons (Fsp3) is 0.429. The Morgan fingerprint density at radius 3 is 2.71 bits per heavy atom. The van der Waals surface area contributed by atoms with Crippen LogP contribution >= 0.6 is 24.2 Å². The van der Waals surface area contributed by atoms with Crippen LogP contribution in [0.15, 0.2) is 42.5 Å². The van der Waals surface area contributed by atoms with Crippen LogP contribution in [0.3, 0.4) is 0 Å². The van der Waals surface area contributed by atoms with E-state index in [9.17, 15) is 9.59 Å². The van der Waals surface area contributed by atoms with Gasteiger partial charge in [-0.25, -0.2) is 0 Å². The minimum Gasteiger partial charge on any atom is -0.346 e. The number of unbranched alkanes of at least 4 members (excludes halogenated alkanes) is 1. The molecule has 1 fully saturated rings. The number of carbonyl (C=O) groups is 2. The molecule has 5 nitrogen and oxygen atoms in total. The molecule has 2 aromatic rings. The molecule has 152 valence electrons. The summed E-state index contributed by atoms with van der Waals surface area (Å²) in [7, 11) is 0. The van der Waals surface area contributed by atoms with Crippen LogP contribution in [0.4, 0.5) is 0 Å². The average molecular weight is 422 g/mol. The second kappa shape index (κ2) is 10.7. The second-order valence-corrected chi connectivity index (χ2v) is 7.89. The highest BCUT2D eigenvalue weighted by Crippen LogP contribution is 2.24. The average Bonchev–Trinajstić information content (AvgIpc) is 3.20. The molecule has 3 N–H and O–H groups in total. The summed E-state index contributed by atoms with van der Waals surface area (Å²) in [6.45, 7) is 2.37. The van der Waals surface area contributed by atoms with Gasteiger partial charge in [0.1, 0.15) is 6.04 Å². The molecule has 7 heteroatoms. The van der Waals surface area contributed by atoms with Crippen LogP contribution in [-0.2, 0) is 9.59 Å². The van der Waals surface area contributed by atoms with E-state index < -0.39 is 6.04 Å². The number of rotatable bonds is 7. The van der Waals surface area contributed by atoms with Crippen molar-refractivity contribution in [2.45, 2.75) is 38.3 Å². The maximum absolute atomic E-state index is 12.9.